The van der Waals surface area contributed by atoms with Gasteiger partial charge in [0.2, 0.25) is 0 Å². The Morgan fingerprint density at radius 1 is 1.16 bits per heavy atom. The predicted octanol–water partition coefficient (Wildman–Crippen LogP) is 3.80. The minimum absolute atomic E-state index is 0.0223. The number of methoxy groups -OCH3 is 1. The molecule has 0 radical (unpaired) electrons. The molecule has 0 saturated carbocycles. The van der Waals surface area contributed by atoms with Gasteiger partial charge in [-0.25, -0.2) is 4.79 Å². The molecule has 0 bridgehead atoms. The van der Waals surface area contributed by atoms with E-state index in [-0.39, 0.29) is 23.6 Å². The number of aromatic hydroxyl groups is 1. The second-order valence-corrected chi connectivity index (χ2v) is 6.09. The largest absolute Gasteiger partial charge is 0.508 e. The highest BCUT2D eigenvalue weighted by atomic mass is 16.5. The van der Waals surface area contributed by atoms with E-state index in [4.69, 9.17) is 4.74 Å². The van der Waals surface area contributed by atoms with Crippen LogP contribution < -0.4 is 5.32 Å². The van der Waals surface area contributed by atoms with Crippen LogP contribution in [0.15, 0.2) is 66.9 Å². The molecule has 5 heteroatoms. The van der Waals surface area contributed by atoms with E-state index in [2.05, 4.69) is 5.32 Å². The Kier molecular flexibility index (Phi) is 5.23. The van der Waals surface area contributed by atoms with Gasteiger partial charge in [-0.15, -0.1) is 0 Å². The van der Waals surface area contributed by atoms with Gasteiger partial charge in [-0.1, -0.05) is 36.4 Å². The summed E-state index contributed by atoms with van der Waals surface area (Å²) in [5.41, 5.74) is 1.62. The van der Waals surface area contributed by atoms with Gasteiger partial charge < -0.3 is 20.1 Å². The van der Waals surface area contributed by atoms with Crippen molar-refractivity contribution in [2.45, 2.75) is 5.92 Å². The van der Waals surface area contributed by atoms with Crippen LogP contribution in [-0.2, 0) is 4.74 Å². The van der Waals surface area contributed by atoms with Crippen LogP contribution >= 0.6 is 0 Å². The molecule has 0 aromatic heterocycles. The first-order chi connectivity index (χ1) is 12.2. The van der Waals surface area contributed by atoms with Gasteiger partial charge >= 0.3 is 6.03 Å². The number of anilines is 1. The number of amides is 2. The van der Waals surface area contributed by atoms with E-state index in [1.165, 1.54) is 0 Å². The number of hydrogen-bond donors (Lipinski definition) is 2. The third kappa shape index (κ3) is 3.94. The molecule has 25 heavy (non-hydrogen) atoms. The molecule has 3 rings (SSSR count). The molecule has 2 unspecified atom stereocenters. The number of carbonyl (C=O) groups is 1. The van der Waals surface area contributed by atoms with Crippen LogP contribution in [0.2, 0.25) is 0 Å². The van der Waals surface area contributed by atoms with Gasteiger partial charge in [-0.2, -0.15) is 0 Å². The van der Waals surface area contributed by atoms with Gasteiger partial charge in [-0.05, 0) is 29.8 Å². The maximum atomic E-state index is 12.6. The number of hydrogen-bond acceptors (Lipinski definition) is 3. The average molecular weight is 338 g/mol. The average Bonchev–Trinajstić information content (AvgIpc) is 3.05. The van der Waals surface area contributed by atoms with Crippen molar-refractivity contribution in [3.05, 3.63) is 72.5 Å². The number of nitrogens with zero attached hydrogens (tertiary/aromatic N) is 1. The third-order valence-corrected chi connectivity index (χ3v) is 4.48. The predicted molar refractivity (Wildman–Crippen MR) is 97.5 cm³/mol. The van der Waals surface area contributed by atoms with Crippen molar-refractivity contribution in [3.8, 4) is 5.75 Å². The molecule has 1 heterocycles. The summed E-state index contributed by atoms with van der Waals surface area (Å²) >= 11 is 0. The first-order valence-electron chi connectivity index (χ1n) is 8.27. The lowest BCUT2D eigenvalue weighted by Crippen LogP contribution is -2.33. The van der Waals surface area contributed by atoms with E-state index < -0.39 is 0 Å². The van der Waals surface area contributed by atoms with Crippen molar-refractivity contribution < 1.29 is 14.6 Å². The fraction of sp³-hybridized carbons (Fsp3) is 0.250. The van der Waals surface area contributed by atoms with Crippen LogP contribution in [0.3, 0.4) is 0 Å². The highest BCUT2D eigenvalue weighted by Gasteiger charge is 2.36. The van der Waals surface area contributed by atoms with Gasteiger partial charge in [0.05, 0.1) is 13.4 Å². The molecule has 2 N–H and O–H groups in total. The van der Waals surface area contributed by atoms with Crippen molar-refractivity contribution in [1.82, 2.24) is 4.90 Å². The molecular weight excluding hydrogens is 316 g/mol. The molecule has 2 amide bonds. The quantitative estimate of drug-likeness (QED) is 0.834. The molecule has 0 spiro atoms. The Hall–Kier alpha value is -2.95. The Morgan fingerprint density at radius 2 is 1.88 bits per heavy atom. The van der Waals surface area contributed by atoms with Crippen molar-refractivity contribution in [2.24, 2.45) is 5.92 Å². The van der Waals surface area contributed by atoms with E-state index in [9.17, 15) is 9.90 Å². The SMILES string of the molecule is COC=CC1CN(C(=O)Nc2ccccc2)CC1c1ccccc1O. The standard InChI is InChI=1S/C20H22N2O3/c1-25-12-11-15-13-22(20(24)21-16-7-3-2-4-8-16)14-18(15)17-9-5-6-10-19(17)23/h2-12,15,18,23H,13-14H2,1H3,(H,21,24). The Bertz CT molecular complexity index is 746. The molecule has 1 saturated heterocycles. The third-order valence-electron chi connectivity index (χ3n) is 4.48. The molecule has 0 aliphatic carbocycles. The van der Waals surface area contributed by atoms with Crippen LogP contribution in [0.4, 0.5) is 10.5 Å². The maximum absolute atomic E-state index is 12.6. The minimum atomic E-state index is -0.139. The molecule has 2 aromatic carbocycles. The molecule has 1 aliphatic rings. The van der Waals surface area contributed by atoms with Crippen LogP contribution in [0.25, 0.3) is 0 Å². The van der Waals surface area contributed by atoms with Gasteiger partial charge in [0.1, 0.15) is 5.75 Å². The number of para-hydroxylation sites is 2. The topological polar surface area (TPSA) is 61.8 Å². The number of likely N-dealkylation sites (tertiary alicyclic amines) is 1. The summed E-state index contributed by atoms with van der Waals surface area (Å²) in [7, 11) is 1.60. The summed E-state index contributed by atoms with van der Waals surface area (Å²) in [5, 5.41) is 13.1. The Balaban J connectivity index is 1.78. The van der Waals surface area contributed by atoms with Crippen molar-refractivity contribution in [2.75, 3.05) is 25.5 Å². The van der Waals surface area contributed by atoms with Crippen LogP contribution in [-0.4, -0.2) is 36.2 Å². The summed E-state index contributed by atoms with van der Waals surface area (Å²) in [5.74, 6) is 0.359. The number of rotatable bonds is 4. The lowest BCUT2D eigenvalue weighted by molar-refractivity contribution is 0.221. The summed E-state index contributed by atoms with van der Waals surface area (Å²) < 4.78 is 5.05. The molecule has 2 atom stereocenters. The summed E-state index contributed by atoms with van der Waals surface area (Å²) in [6, 6.07) is 16.5. The maximum Gasteiger partial charge on any atom is 0.321 e. The normalized spacial score (nSPS) is 20.0. The molecule has 1 aliphatic heterocycles. The zero-order valence-corrected chi connectivity index (χ0v) is 14.1. The van der Waals surface area contributed by atoms with Gasteiger partial charge in [0.25, 0.3) is 0 Å². The van der Waals surface area contributed by atoms with E-state index in [0.717, 1.165) is 11.3 Å². The Labute approximate surface area is 147 Å². The number of phenols is 1. The highest BCUT2D eigenvalue weighted by Crippen LogP contribution is 2.37. The van der Waals surface area contributed by atoms with E-state index in [1.807, 2.05) is 48.5 Å². The van der Waals surface area contributed by atoms with Crippen LogP contribution in [0.1, 0.15) is 11.5 Å². The monoisotopic (exact) mass is 338 g/mol. The molecule has 2 aromatic rings. The Morgan fingerprint density at radius 3 is 2.60 bits per heavy atom. The smallest absolute Gasteiger partial charge is 0.321 e. The number of carbonyl (C=O) groups excluding carboxylic acids is 1. The van der Waals surface area contributed by atoms with Crippen molar-refractivity contribution in [3.63, 3.8) is 0 Å². The van der Waals surface area contributed by atoms with Crippen molar-refractivity contribution >= 4 is 11.7 Å². The zero-order chi connectivity index (χ0) is 17.6. The second kappa shape index (κ2) is 7.75. The lowest BCUT2D eigenvalue weighted by Gasteiger charge is -2.18. The number of benzene rings is 2. The lowest BCUT2D eigenvalue weighted by atomic mass is 9.88. The van der Waals surface area contributed by atoms with Crippen molar-refractivity contribution in [1.29, 1.82) is 0 Å². The molecule has 5 nitrogen and oxygen atoms in total. The van der Waals surface area contributed by atoms with Gasteiger partial charge in [0, 0.05) is 30.6 Å². The van der Waals surface area contributed by atoms with Crippen LogP contribution in [0, 0.1) is 5.92 Å². The summed E-state index contributed by atoms with van der Waals surface area (Å²) in [6.45, 7) is 1.10. The number of urea groups is 1. The molecular formula is C20H22N2O3. The molecule has 1 fully saturated rings. The zero-order valence-electron chi connectivity index (χ0n) is 14.1. The fourth-order valence-electron chi connectivity index (χ4n) is 3.22. The van der Waals surface area contributed by atoms with Crippen LogP contribution in [0.5, 0.6) is 5.75 Å². The minimum Gasteiger partial charge on any atom is -0.508 e. The molecule has 130 valence electrons. The fourth-order valence-corrected chi connectivity index (χ4v) is 3.22. The van der Waals surface area contributed by atoms with Gasteiger partial charge in [-0.3, -0.25) is 0 Å². The number of nitrogens with one attached hydrogen (secondary N) is 1. The first-order valence-corrected chi connectivity index (χ1v) is 8.27. The van der Waals surface area contributed by atoms with E-state index in [0.29, 0.717) is 13.1 Å². The first kappa shape index (κ1) is 16.9. The van der Waals surface area contributed by atoms with Gasteiger partial charge in [0.15, 0.2) is 0 Å². The number of ether oxygens (including phenoxy) is 1. The number of phenolic OH excluding ortho intramolecular Hbond substituents is 1. The van der Waals surface area contributed by atoms with E-state index >= 15 is 0 Å². The summed E-state index contributed by atoms with van der Waals surface area (Å²) in [6.07, 6.45) is 3.59. The van der Waals surface area contributed by atoms with E-state index in [1.54, 1.807) is 30.4 Å². The summed E-state index contributed by atoms with van der Waals surface area (Å²) in [4.78, 5) is 14.4. The highest BCUT2D eigenvalue weighted by molar-refractivity contribution is 5.89. The second-order valence-electron chi connectivity index (χ2n) is 6.09.